The molecule has 0 radical (unpaired) electrons. The number of hydrogen-bond acceptors (Lipinski definition) is 7. The second-order valence-corrected chi connectivity index (χ2v) is 9.20. The van der Waals surface area contributed by atoms with Crippen molar-refractivity contribution < 1.29 is 4.74 Å². The second-order valence-electron chi connectivity index (χ2n) is 7.76. The minimum atomic E-state index is 0. The van der Waals surface area contributed by atoms with Gasteiger partial charge in [0.2, 0.25) is 0 Å². The quantitative estimate of drug-likeness (QED) is 0.345. The fourth-order valence-corrected chi connectivity index (χ4v) is 4.80. The van der Waals surface area contributed by atoms with E-state index in [-0.39, 0.29) is 18.5 Å². The van der Waals surface area contributed by atoms with Crippen LogP contribution in [0.4, 0.5) is 11.5 Å². The molecule has 4 aromatic rings. The molecule has 2 aromatic carbocycles. The number of aromatic amines is 1. The van der Waals surface area contributed by atoms with Crippen LogP contribution in [-0.4, -0.2) is 51.1 Å². The average molecular weight is 503 g/mol. The third-order valence-corrected chi connectivity index (χ3v) is 6.88. The van der Waals surface area contributed by atoms with Crippen LogP contribution in [0.3, 0.4) is 0 Å². The zero-order valence-electron chi connectivity index (χ0n) is 18.0. The van der Waals surface area contributed by atoms with Crippen molar-refractivity contribution >= 4 is 58.2 Å². The first-order valence-electron chi connectivity index (χ1n) is 10.5. The van der Waals surface area contributed by atoms with Crippen LogP contribution >= 0.6 is 35.8 Å². The number of halogens is 2. The van der Waals surface area contributed by atoms with E-state index in [0.717, 1.165) is 58.3 Å². The Morgan fingerprint density at radius 1 is 1.15 bits per heavy atom. The smallest absolute Gasteiger partial charge is 0.170 e. The largest absolute Gasteiger partial charge is 0.489 e. The van der Waals surface area contributed by atoms with Crippen molar-refractivity contribution in [3.63, 3.8) is 0 Å². The number of piperidine rings is 1. The summed E-state index contributed by atoms with van der Waals surface area (Å²) in [6.07, 6.45) is 7.28. The van der Waals surface area contributed by atoms with Crippen molar-refractivity contribution in [2.24, 2.45) is 0 Å². The fourth-order valence-electron chi connectivity index (χ4n) is 3.76. The highest BCUT2D eigenvalue weighted by atomic mass is 35.5. The van der Waals surface area contributed by atoms with Gasteiger partial charge in [-0.15, -0.1) is 12.4 Å². The molecular formula is C23H24Cl2N6OS. The Balaban J connectivity index is 0.00000259. The lowest BCUT2D eigenvalue weighted by Crippen LogP contribution is -2.35. The average Bonchev–Trinajstić information content (AvgIpc) is 3.31. The van der Waals surface area contributed by atoms with Crippen LogP contribution in [0.2, 0.25) is 5.02 Å². The fraction of sp³-hybridized carbons (Fsp3) is 0.261. The molecule has 0 aliphatic carbocycles. The van der Waals surface area contributed by atoms with Crippen LogP contribution in [0.1, 0.15) is 12.8 Å². The van der Waals surface area contributed by atoms with Gasteiger partial charge in [-0.1, -0.05) is 29.4 Å². The van der Waals surface area contributed by atoms with Crippen LogP contribution in [-0.2, 0) is 0 Å². The molecule has 0 amide bonds. The standard InChI is InChI=1S/C23H23ClN6OS.ClH/c1-30-11-7-16(8-12-30)31-19-4-2-3-18-21(19)22(28-14-27-18)29-15-5-6-20(17(24)13-15)32-23-25-9-10-26-23;/h2-6,9-10,13-14,16H,7-8,11-12H2,1H3,(H,25,26)(H,27,28,29);1H. The third kappa shape index (κ3) is 5.52. The molecule has 0 unspecified atom stereocenters. The molecule has 2 N–H and O–H groups in total. The molecule has 1 fully saturated rings. The molecule has 33 heavy (non-hydrogen) atoms. The number of rotatable bonds is 6. The van der Waals surface area contributed by atoms with E-state index >= 15 is 0 Å². The zero-order chi connectivity index (χ0) is 21.9. The Labute approximate surface area is 207 Å². The van der Waals surface area contributed by atoms with Crippen LogP contribution in [0.25, 0.3) is 10.9 Å². The maximum atomic E-state index is 6.54. The number of aromatic nitrogens is 4. The summed E-state index contributed by atoms with van der Waals surface area (Å²) >= 11 is 8.02. The summed E-state index contributed by atoms with van der Waals surface area (Å²) in [7, 11) is 2.15. The van der Waals surface area contributed by atoms with E-state index in [1.54, 1.807) is 18.7 Å². The van der Waals surface area contributed by atoms with Crippen molar-refractivity contribution in [2.45, 2.75) is 29.0 Å². The summed E-state index contributed by atoms with van der Waals surface area (Å²) in [5.41, 5.74) is 1.68. The van der Waals surface area contributed by atoms with Gasteiger partial charge in [-0.05, 0) is 50.2 Å². The number of anilines is 2. The second kappa shape index (κ2) is 10.6. The molecule has 0 atom stereocenters. The maximum Gasteiger partial charge on any atom is 0.170 e. The number of ether oxygens (including phenoxy) is 1. The lowest BCUT2D eigenvalue weighted by Gasteiger charge is -2.29. The van der Waals surface area contributed by atoms with E-state index in [1.807, 2.05) is 36.4 Å². The molecule has 1 aliphatic heterocycles. The number of H-pyrrole nitrogens is 1. The van der Waals surface area contributed by atoms with Gasteiger partial charge in [0.25, 0.3) is 0 Å². The van der Waals surface area contributed by atoms with Crippen molar-refractivity contribution in [2.75, 3.05) is 25.5 Å². The molecule has 1 aliphatic rings. The number of nitrogens with zero attached hydrogens (tertiary/aromatic N) is 4. The number of nitrogens with one attached hydrogen (secondary N) is 2. The van der Waals surface area contributed by atoms with Gasteiger partial charge in [0.1, 0.15) is 24.0 Å². The van der Waals surface area contributed by atoms with E-state index in [9.17, 15) is 0 Å². The van der Waals surface area contributed by atoms with E-state index in [2.05, 4.69) is 37.2 Å². The molecule has 0 spiro atoms. The summed E-state index contributed by atoms with van der Waals surface area (Å²) < 4.78 is 6.41. The molecule has 7 nitrogen and oxygen atoms in total. The summed E-state index contributed by atoms with van der Waals surface area (Å²) in [5.74, 6) is 1.50. The first-order valence-corrected chi connectivity index (χ1v) is 11.7. The van der Waals surface area contributed by atoms with Gasteiger partial charge in [-0.2, -0.15) is 0 Å². The Kier molecular flexibility index (Phi) is 7.60. The number of fused-ring (bicyclic) bond motifs is 1. The normalized spacial score (nSPS) is 14.7. The number of imidazole rings is 1. The Morgan fingerprint density at radius 3 is 2.76 bits per heavy atom. The first kappa shape index (κ1) is 23.6. The van der Waals surface area contributed by atoms with E-state index < -0.39 is 0 Å². The van der Waals surface area contributed by atoms with E-state index in [0.29, 0.717) is 10.8 Å². The van der Waals surface area contributed by atoms with E-state index in [1.165, 1.54) is 11.8 Å². The minimum Gasteiger partial charge on any atom is -0.489 e. The zero-order valence-corrected chi connectivity index (χ0v) is 20.4. The topological polar surface area (TPSA) is 79.0 Å². The lowest BCUT2D eigenvalue weighted by atomic mass is 10.1. The molecule has 0 saturated carbocycles. The molecule has 2 aromatic heterocycles. The minimum absolute atomic E-state index is 0. The Bertz CT molecular complexity index is 1210. The monoisotopic (exact) mass is 502 g/mol. The summed E-state index contributed by atoms with van der Waals surface area (Å²) in [6.45, 7) is 2.08. The molecule has 0 bridgehead atoms. The molecule has 172 valence electrons. The third-order valence-electron chi connectivity index (χ3n) is 5.46. The summed E-state index contributed by atoms with van der Waals surface area (Å²) in [4.78, 5) is 19.5. The first-order chi connectivity index (χ1) is 15.7. The van der Waals surface area contributed by atoms with Crippen molar-refractivity contribution in [3.05, 3.63) is 60.1 Å². The highest BCUT2D eigenvalue weighted by Crippen LogP contribution is 2.36. The molecule has 10 heteroatoms. The van der Waals surface area contributed by atoms with Gasteiger partial charge in [0, 0.05) is 36.1 Å². The van der Waals surface area contributed by atoms with Gasteiger partial charge < -0.3 is 19.9 Å². The maximum absolute atomic E-state index is 6.54. The van der Waals surface area contributed by atoms with Gasteiger partial charge >= 0.3 is 0 Å². The van der Waals surface area contributed by atoms with Gasteiger partial charge in [0.05, 0.1) is 15.9 Å². The lowest BCUT2D eigenvalue weighted by molar-refractivity contribution is 0.116. The molecular weight excluding hydrogens is 479 g/mol. The van der Waals surface area contributed by atoms with Crippen molar-refractivity contribution in [1.82, 2.24) is 24.8 Å². The Morgan fingerprint density at radius 2 is 2.00 bits per heavy atom. The predicted octanol–water partition coefficient (Wildman–Crippen LogP) is 5.80. The van der Waals surface area contributed by atoms with Gasteiger partial charge in [-0.25, -0.2) is 15.0 Å². The SMILES string of the molecule is CN1CCC(Oc2cccc3ncnc(Nc4ccc(Sc5ncc[nH]5)c(Cl)c4)c23)CC1.Cl. The van der Waals surface area contributed by atoms with Crippen LogP contribution in [0, 0.1) is 0 Å². The number of likely N-dealkylation sites (tertiary alicyclic amines) is 1. The van der Waals surface area contributed by atoms with Crippen molar-refractivity contribution in [1.29, 1.82) is 0 Å². The number of hydrogen-bond donors (Lipinski definition) is 2. The van der Waals surface area contributed by atoms with Crippen LogP contribution in [0.5, 0.6) is 5.75 Å². The summed E-state index contributed by atoms with van der Waals surface area (Å²) in [5, 5.41) is 5.71. The predicted molar refractivity (Wildman–Crippen MR) is 135 cm³/mol. The van der Waals surface area contributed by atoms with Crippen molar-refractivity contribution in [3.8, 4) is 5.75 Å². The number of benzene rings is 2. The molecule has 5 rings (SSSR count). The summed E-state index contributed by atoms with van der Waals surface area (Å²) in [6, 6.07) is 11.8. The Hall–Kier alpha value is -2.52. The van der Waals surface area contributed by atoms with Crippen LogP contribution < -0.4 is 10.1 Å². The van der Waals surface area contributed by atoms with Gasteiger partial charge in [-0.3, -0.25) is 0 Å². The highest BCUT2D eigenvalue weighted by molar-refractivity contribution is 7.99. The van der Waals surface area contributed by atoms with Gasteiger partial charge in [0.15, 0.2) is 5.16 Å². The van der Waals surface area contributed by atoms with E-state index in [4.69, 9.17) is 16.3 Å². The molecule has 3 heterocycles. The molecule has 1 saturated heterocycles. The highest BCUT2D eigenvalue weighted by Gasteiger charge is 2.20. The van der Waals surface area contributed by atoms with Crippen LogP contribution in [0.15, 0.2) is 65.2 Å².